The fourth-order valence-corrected chi connectivity index (χ4v) is 2.36. The van der Waals surface area contributed by atoms with E-state index in [-0.39, 0.29) is 24.0 Å². The molecule has 1 aromatic rings. The molecule has 1 rings (SSSR count). The van der Waals surface area contributed by atoms with Crippen molar-refractivity contribution in [2.24, 2.45) is 10.9 Å². The summed E-state index contributed by atoms with van der Waals surface area (Å²) in [6, 6.07) is 6.25. The third kappa shape index (κ3) is 7.59. The Balaban J connectivity index is 0.00000529. The van der Waals surface area contributed by atoms with Gasteiger partial charge >= 0.3 is 0 Å². The Labute approximate surface area is 163 Å². The Bertz CT molecular complexity index is 507. The number of nitrogens with zero attached hydrogens (tertiary/aromatic N) is 1. The summed E-state index contributed by atoms with van der Waals surface area (Å²) in [7, 11) is 5.08. The average molecular weight is 449 g/mol. The van der Waals surface area contributed by atoms with Gasteiger partial charge in [0.1, 0.15) is 0 Å². The van der Waals surface area contributed by atoms with E-state index in [0.29, 0.717) is 12.6 Å². The predicted molar refractivity (Wildman–Crippen MR) is 112 cm³/mol. The molecule has 5 nitrogen and oxygen atoms in total. The predicted octanol–water partition coefficient (Wildman–Crippen LogP) is 3.81. The monoisotopic (exact) mass is 449 g/mol. The van der Waals surface area contributed by atoms with Crippen LogP contribution in [0.3, 0.4) is 0 Å². The molecule has 0 saturated carbocycles. The van der Waals surface area contributed by atoms with Crippen LogP contribution >= 0.6 is 24.0 Å². The van der Waals surface area contributed by atoms with E-state index in [4.69, 9.17) is 9.47 Å². The number of rotatable bonds is 8. The zero-order chi connectivity index (χ0) is 17.2. The molecule has 0 spiro atoms. The first kappa shape index (κ1) is 22.8. The standard InChI is InChI=1S/C18H31N3O2.HI/c1-13(2)10-11-14(3)21-18(19-4)20-12-15-8-7-9-16(22-5)17(15)23-6;/h7-9,13-14H,10-12H2,1-6H3,(H2,19,20,21);1H. The van der Waals surface area contributed by atoms with Crippen LogP contribution in [0.15, 0.2) is 23.2 Å². The van der Waals surface area contributed by atoms with Crippen molar-refractivity contribution in [1.82, 2.24) is 10.6 Å². The van der Waals surface area contributed by atoms with Gasteiger partial charge in [0.25, 0.3) is 0 Å². The Morgan fingerprint density at radius 3 is 2.38 bits per heavy atom. The molecule has 6 heteroatoms. The molecule has 0 aliphatic rings. The number of methoxy groups -OCH3 is 2. The van der Waals surface area contributed by atoms with E-state index < -0.39 is 0 Å². The average Bonchev–Trinajstić information content (AvgIpc) is 2.55. The van der Waals surface area contributed by atoms with Gasteiger partial charge in [0.15, 0.2) is 17.5 Å². The third-order valence-corrected chi connectivity index (χ3v) is 3.71. The fourth-order valence-electron chi connectivity index (χ4n) is 2.36. The van der Waals surface area contributed by atoms with Crippen LogP contribution in [-0.2, 0) is 6.54 Å². The number of aliphatic imine (C=N–C) groups is 1. The minimum Gasteiger partial charge on any atom is -0.493 e. The summed E-state index contributed by atoms with van der Waals surface area (Å²) < 4.78 is 10.8. The van der Waals surface area contributed by atoms with E-state index in [0.717, 1.165) is 35.4 Å². The van der Waals surface area contributed by atoms with Crippen LogP contribution < -0.4 is 20.1 Å². The van der Waals surface area contributed by atoms with E-state index in [1.54, 1.807) is 21.3 Å². The van der Waals surface area contributed by atoms with E-state index in [2.05, 4.69) is 36.4 Å². The Kier molecular flexibility index (Phi) is 11.6. The largest absolute Gasteiger partial charge is 0.493 e. The first-order chi connectivity index (χ1) is 11.0. The van der Waals surface area contributed by atoms with Gasteiger partial charge in [0.05, 0.1) is 14.2 Å². The van der Waals surface area contributed by atoms with Gasteiger partial charge in [-0.1, -0.05) is 26.0 Å². The molecular weight excluding hydrogens is 417 g/mol. The molecule has 1 aromatic carbocycles. The van der Waals surface area contributed by atoms with Gasteiger partial charge in [-0.2, -0.15) is 0 Å². The number of hydrogen-bond donors (Lipinski definition) is 2. The van der Waals surface area contributed by atoms with Crippen LogP contribution in [0.2, 0.25) is 0 Å². The van der Waals surface area contributed by atoms with E-state index in [1.807, 2.05) is 18.2 Å². The van der Waals surface area contributed by atoms with Crippen LogP contribution in [-0.4, -0.2) is 33.3 Å². The molecule has 24 heavy (non-hydrogen) atoms. The highest BCUT2D eigenvalue weighted by Gasteiger charge is 2.11. The van der Waals surface area contributed by atoms with Crippen LogP contribution in [0.5, 0.6) is 11.5 Å². The minimum atomic E-state index is 0. The smallest absolute Gasteiger partial charge is 0.191 e. The third-order valence-electron chi connectivity index (χ3n) is 3.71. The maximum Gasteiger partial charge on any atom is 0.191 e. The first-order valence-corrected chi connectivity index (χ1v) is 8.18. The topological polar surface area (TPSA) is 54.9 Å². The van der Waals surface area contributed by atoms with E-state index >= 15 is 0 Å². The van der Waals surface area contributed by atoms with E-state index in [9.17, 15) is 0 Å². The number of guanidine groups is 1. The Morgan fingerprint density at radius 2 is 1.83 bits per heavy atom. The molecule has 0 aliphatic heterocycles. The first-order valence-electron chi connectivity index (χ1n) is 8.18. The summed E-state index contributed by atoms with van der Waals surface area (Å²) in [6.45, 7) is 7.29. The molecule has 0 fully saturated rings. The van der Waals surface area contributed by atoms with Crippen molar-refractivity contribution >= 4 is 29.9 Å². The summed E-state index contributed by atoms with van der Waals surface area (Å²) in [5.74, 6) is 3.01. The maximum absolute atomic E-state index is 5.45. The van der Waals surface area contributed by atoms with Gasteiger partial charge in [-0.05, 0) is 31.7 Å². The van der Waals surface area contributed by atoms with Crippen molar-refractivity contribution in [3.8, 4) is 11.5 Å². The molecule has 1 unspecified atom stereocenters. The SMILES string of the molecule is CN=C(NCc1cccc(OC)c1OC)NC(C)CCC(C)C.I. The summed E-state index contributed by atoms with van der Waals surface area (Å²) in [6.07, 6.45) is 2.33. The van der Waals surface area contributed by atoms with Crippen LogP contribution in [0.1, 0.15) is 39.2 Å². The van der Waals surface area contributed by atoms with Gasteiger partial charge in [-0.25, -0.2) is 0 Å². The molecule has 0 aliphatic carbocycles. The lowest BCUT2D eigenvalue weighted by molar-refractivity contribution is 0.351. The van der Waals surface area contributed by atoms with E-state index in [1.165, 1.54) is 6.42 Å². The molecule has 1 atom stereocenters. The fraction of sp³-hybridized carbons (Fsp3) is 0.611. The second-order valence-corrected chi connectivity index (χ2v) is 6.09. The van der Waals surface area contributed by atoms with Crippen molar-refractivity contribution in [2.75, 3.05) is 21.3 Å². The second kappa shape index (κ2) is 12.2. The van der Waals surface area contributed by atoms with Crippen molar-refractivity contribution in [3.05, 3.63) is 23.8 Å². The van der Waals surface area contributed by atoms with Crippen molar-refractivity contribution in [1.29, 1.82) is 0 Å². The van der Waals surface area contributed by atoms with Crippen LogP contribution in [0, 0.1) is 5.92 Å². The molecule has 0 amide bonds. The number of halogens is 1. The quantitative estimate of drug-likeness (QED) is 0.360. The molecule has 0 aromatic heterocycles. The normalized spacial score (nSPS) is 12.4. The summed E-state index contributed by atoms with van der Waals surface area (Å²) in [5, 5.41) is 6.76. The van der Waals surface area contributed by atoms with Crippen molar-refractivity contribution in [3.63, 3.8) is 0 Å². The molecule has 2 N–H and O–H groups in total. The molecule has 138 valence electrons. The van der Waals surface area contributed by atoms with Gasteiger partial charge in [0.2, 0.25) is 0 Å². The van der Waals surface area contributed by atoms with Gasteiger partial charge in [0, 0.05) is 25.2 Å². The highest BCUT2D eigenvalue weighted by Crippen LogP contribution is 2.30. The van der Waals surface area contributed by atoms with Crippen LogP contribution in [0.4, 0.5) is 0 Å². The number of hydrogen-bond acceptors (Lipinski definition) is 3. The lowest BCUT2D eigenvalue weighted by Gasteiger charge is -2.19. The van der Waals surface area contributed by atoms with Crippen molar-refractivity contribution < 1.29 is 9.47 Å². The number of ether oxygens (including phenoxy) is 2. The number of nitrogens with one attached hydrogen (secondary N) is 2. The number of benzene rings is 1. The molecule has 0 heterocycles. The zero-order valence-corrected chi connectivity index (χ0v) is 18.0. The van der Waals surface area contributed by atoms with Crippen molar-refractivity contribution in [2.45, 2.75) is 46.2 Å². The lowest BCUT2D eigenvalue weighted by atomic mass is 10.0. The molecule has 0 saturated heterocycles. The summed E-state index contributed by atoms with van der Waals surface area (Å²) >= 11 is 0. The Hall–Kier alpha value is -1.18. The molecule has 0 radical (unpaired) electrons. The summed E-state index contributed by atoms with van der Waals surface area (Å²) in [5.41, 5.74) is 1.03. The highest BCUT2D eigenvalue weighted by atomic mass is 127. The minimum absolute atomic E-state index is 0. The van der Waals surface area contributed by atoms with Gasteiger partial charge < -0.3 is 20.1 Å². The second-order valence-electron chi connectivity index (χ2n) is 6.09. The molecule has 0 bridgehead atoms. The lowest BCUT2D eigenvalue weighted by Crippen LogP contribution is -2.42. The zero-order valence-electron chi connectivity index (χ0n) is 15.7. The van der Waals surface area contributed by atoms with Gasteiger partial charge in [-0.15, -0.1) is 24.0 Å². The highest BCUT2D eigenvalue weighted by molar-refractivity contribution is 14.0. The maximum atomic E-state index is 5.45. The number of para-hydroxylation sites is 1. The van der Waals surface area contributed by atoms with Crippen LogP contribution in [0.25, 0.3) is 0 Å². The molecular formula is C18H32IN3O2. The summed E-state index contributed by atoms with van der Waals surface area (Å²) in [4.78, 5) is 4.29. The Morgan fingerprint density at radius 1 is 1.12 bits per heavy atom. The van der Waals surface area contributed by atoms with Gasteiger partial charge in [-0.3, -0.25) is 4.99 Å².